The number of amides is 1. The molecule has 2 saturated heterocycles. The van der Waals surface area contributed by atoms with Gasteiger partial charge in [-0.05, 0) is 31.2 Å². The molecule has 20 heavy (non-hydrogen) atoms. The minimum Gasteiger partial charge on any atom is -0.497 e. The van der Waals surface area contributed by atoms with E-state index in [-0.39, 0.29) is 18.2 Å². The predicted molar refractivity (Wildman–Crippen MR) is 75.0 cm³/mol. The van der Waals surface area contributed by atoms with Crippen LogP contribution in [0.1, 0.15) is 5.56 Å². The Labute approximate surface area is 119 Å². The lowest BCUT2D eigenvalue weighted by atomic mass is 10.1. The molecule has 0 aromatic heterocycles. The molecule has 0 N–H and O–H groups in total. The third-order valence-corrected chi connectivity index (χ3v) is 4.11. The van der Waals surface area contributed by atoms with Gasteiger partial charge in [-0.25, -0.2) is 4.79 Å². The van der Waals surface area contributed by atoms with Gasteiger partial charge in [-0.2, -0.15) is 0 Å². The number of hydrogen-bond donors (Lipinski definition) is 0. The molecule has 2 aliphatic rings. The summed E-state index contributed by atoms with van der Waals surface area (Å²) in [4.78, 5) is 16.0. The second-order valence-corrected chi connectivity index (χ2v) is 5.50. The molecule has 3 rings (SSSR count). The Morgan fingerprint density at radius 1 is 1.30 bits per heavy atom. The van der Waals surface area contributed by atoms with E-state index in [2.05, 4.69) is 11.9 Å². The van der Waals surface area contributed by atoms with Gasteiger partial charge in [0.1, 0.15) is 11.9 Å². The maximum Gasteiger partial charge on any atom is 0.410 e. The summed E-state index contributed by atoms with van der Waals surface area (Å²) in [6, 6.07) is 8.19. The van der Waals surface area contributed by atoms with Crippen LogP contribution in [0.4, 0.5) is 4.79 Å². The lowest BCUT2D eigenvalue weighted by Crippen LogP contribution is -2.38. The van der Waals surface area contributed by atoms with Gasteiger partial charge in [0.15, 0.2) is 0 Å². The summed E-state index contributed by atoms with van der Waals surface area (Å²) in [5.74, 6) is 0.854. The molecule has 0 spiro atoms. The van der Waals surface area contributed by atoms with E-state index in [1.165, 1.54) is 5.56 Å². The van der Waals surface area contributed by atoms with Crippen LogP contribution >= 0.6 is 0 Å². The number of fused-ring (bicyclic) bond motifs is 1. The minimum absolute atomic E-state index is 0.0448. The number of hydrogen-bond acceptors (Lipinski definition) is 4. The zero-order chi connectivity index (χ0) is 14.1. The van der Waals surface area contributed by atoms with Crippen molar-refractivity contribution >= 4 is 6.09 Å². The summed E-state index contributed by atoms with van der Waals surface area (Å²) in [6.45, 7) is 2.45. The molecule has 1 amide bonds. The molecule has 0 aliphatic carbocycles. The lowest BCUT2D eigenvalue weighted by Gasteiger charge is -2.20. The van der Waals surface area contributed by atoms with Gasteiger partial charge in [0.05, 0.1) is 13.2 Å². The molecule has 1 aromatic carbocycles. The minimum atomic E-state index is -0.165. The third kappa shape index (κ3) is 2.45. The summed E-state index contributed by atoms with van der Waals surface area (Å²) < 4.78 is 10.6. The highest BCUT2D eigenvalue weighted by Gasteiger charge is 2.46. The predicted octanol–water partition coefficient (Wildman–Crippen LogP) is 1.37. The van der Waals surface area contributed by atoms with Gasteiger partial charge in [-0.15, -0.1) is 0 Å². The number of ether oxygens (including phenoxy) is 2. The molecule has 5 nitrogen and oxygen atoms in total. The maximum atomic E-state index is 11.9. The molecular formula is C15H20N2O3. The van der Waals surface area contributed by atoms with Crippen LogP contribution in [-0.4, -0.2) is 61.8 Å². The van der Waals surface area contributed by atoms with Crippen LogP contribution in [-0.2, 0) is 11.2 Å². The summed E-state index contributed by atoms with van der Waals surface area (Å²) in [5, 5.41) is 0. The van der Waals surface area contributed by atoms with Crippen molar-refractivity contribution in [2.75, 3.05) is 33.8 Å². The molecule has 5 heteroatoms. The van der Waals surface area contributed by atoms with Gasteiger partial charge in [0.2, 0.25) is 0 Å². The Balaban J connectivity index is 1.61. The summed E-state index contributed by atoms with van der Waals surface area (Å²) in [7, 11) is 3.72. The topological polar surface area (TPSA) is 42.0 Å². The van der Waals surface area contributed by atoms with Gasteiger partial charge in [0.25, 0.3) is 0 Å². The number of likely N-dealkylation sites (N-methyl/N-ethyl adjacent to an activating group) is 1. The second-order valence-electron chi connectivity index (χ2n) is 5.50. The van der Waals surface area contributed by atoms with Crippen LogP contribution in [0.25, 0.3) is 0 Å². The van der Waals surface area contributed by atoms with Crippen LogP contribution in [0.15, 0.2) is 24.3 Å². The van der Waals surface area contributed by atoms with Crippen molar-refractivity contribution in [3.8, 4) is 5.75 Å². The number of likely N-dealkylation sites (tertiary alicyclic amines) is 1. The van der Waals surface area contributed by atoms with Crippen molar-refractivity contribution in [1.29, 1.82) is 0 Å². The normalized spacial score (nSPS) is 25.7. The van der Waals surface area contributed by atoms with Crippen LogP contribution in [0.3, 0.4) is 0 Å². The Hall–Kier alpha value is -1.75. The van der Waals surface area contributed by atoms with Crippen molar-refractivity contribution in [2.24, 2.45) is 0 Å². The summed E-state index contributed by atoms with van der Waals surface area (Å²) >= 11 is 0. The van der Waals surface area contributed by atoms with Crippen LogP contribution < -0.4 is 4.74 Å². The van der Waals surface area contributed by atoms with Crippen molar-refractivity contribution in [3.05, 3.63) is 29.8 Å². The zero-order valence-electron chi connectivity index (χ0n) is 11.9. The van der Waals surface area contributed by atoms with Crippen LogP contribution in [0.5, 0.6) is 5.75 Å². The largest absolute Gasteiger partial charge is 0.497 e. The molecule has 0 bridgehead atoms. The van der Waals surface area contributed by atoms with Crippen molar-refractivity contribution in [3.63, 3.8) is 0 Å². The molecule has 2 fully saturated rings. The molecule has 108 valence electrons. The third-order valence-electron chi connectivity index (χ3n) is 4.11. The molecular weight excluding hydrogens is 256 g/mol. The Morgan fingerprint density at radius 3 is 2.75 bits per heavy atom. The SMILES string of the molecule is COc1ccc(CCN2C(=O)O[C@@H]3CN(C)C[C@@H]32)cc1. The maximum absolute atomic E-state index is 11.9. The van der Waals surface area contributed by atoms with Gasteiger partial charge < -0.3 is 14.4 Å². The smallest absolute Gasteiger partial charge is 0.410 e. The van der Waals surface area contributed by atoms with E-state index in [1.807, 2.05) is 29.2 Å². The molecule has 2 aliphatic heterocycles. The van der Waals surface area contributed by atoms with Gasteiger partial charge >= 0.3 is 6.09 Å². The van der Waals surface area contributed by atoms with E-state index in [4.69, 9.17) is 9.47 Å². The van der Waals surface area contributed by atoms with Gasteiger partial charge in [-0.1, -0.05) is 12.1 Å². The first kappa shape index (κ1) is 13.2. The quantitative estimate of drug-likeness (QED) is 0.833. The highest BCUT2D eigenvalue weighted by atomic mass is 16.6. The Kier molecular flexibility index (Phi) is 3.53. The van der Waals surface area contributed by atoms with Crippen molar-refractivity contribution in [1.82, 2.24) is 9.80 Å². The van der Waals surface area contributed by atoms with E-state index in [9.17, 15) is 4.79 Å². The fraction of sp³-hybridized carbons (Fsp3) is 0.533. The number of rotatable bonds is 4. The van der Waals surface area contributed by atoms with Crippen LogP contribution in [0.2, 0.25) is 0 Å². The fourth-order valence-corrected chi connectivity index (χ4v) is 2.99. The zero-order valence-corrected chi connectivity index (χ0v) is 11.9. The number of nitrogens with zero attached hydrogens (tertiary/aromatic N) is 2. The van der Waals surface area contributed by atoms with E-state index in [1.54, 1.807) is 7.11 Å². The lowest BCUT2D eigenvalue weighted by molar-refractivity contribution is 0.125. The Morgan fingerprint density at radius 2 is 2.05 bits per heavy atom. The number of carbonyl (C=O) groups is 1. The van der Waals surface area contributed by atoms with E-state index < -0.39 is 0 Å². The van der Waals surface area contributed by atoms with Crippen molar-refractivity contribution < 1.29 is 14.3 Å². The van der Waals surface area contributed by atoms with Gasteiger partial charge in [0, 0.05) is 19.6 Å². The molecule has 2 heterocycles. The monoisotopic (exact) mass is 276 g/mol. The molecule has 1 aromatic rings. The first-order valence-corrected chi connectivity index (χ1v) is 6.96. The van der Waals surface area contributed by atoms with E-state index in [0.29, 0.717) is 6.54 Å². The highest BCUT2D eigenvalue weighted by Crippen LogP contribution is 2.26. The molecule has 0 unspecified atom stereocenters. The number of methoxy groups -OCH3 is 1. The molecule has 2 atom stereocenters. The molecule has 0 saturated carbocycles. The standard InChI is InChI=1S/C15H20N2O3/c1-16-9-13-14(10-16)20-15(18)17(13)8-7-11-3-5-12(19-2)6-4-11/h3-6,13-14H,7-10H2,1-2H3/t13-,14+/m0/s1. The average Bonchev–Trinajstić information content (AvgIpc) is 2.92. The van der Waals surface area contributed by atoms with Gasteiger partial charge in [-0.3, -0.25) is 4.90 Å². The number of benzene rings is 1. The highest BCUT2D eigenvalue weighted by molar-refractivity contribution is 5.71. The van der Waals surface area contributed by atoms with Crippen molar-refractivity contribution in [2.45, 2.75) is 18.6 Å². The summed E-state index contributed by atoms with van der Waals surface area (Å²) in [5.41, 5.74) is 1.20. The average molecular weight is 276 g/mol. The first-order valence-electron chi connectivity index (χ1n) is 6.96. The number of carbonyl (C=O) groups excluding carboxylic acids is 1. The second kappa shape index (κ2) is 5.32. The first-order chi connectivity index (χ1) is 9.67. The Bertz CT molecular complexity index is 488. The molecule has 0 radical (unpaired) electrons. The van der Waals surface area contributed by atoms with Crippen LogP contribution in [0, 0.1) is 0 Å². The fourth-order valence-electron chi connectivity index (χ4n) is 2.99. The van der Waals surface area contributed by atoms with E-state index >= 15 is 0 Å². The summed E-state index contributed by atoms with van der Waals surface area (Å²) in [6.07, 6.45) is 0.719. The van der Waals surface area contributed by atoms with E-state index in [0.717, 1.165) is 25.3 Å².